The van der Waals surface area contributed by atoms with Gasteiger partial charge in [-0.05, 0) is 67.4 Å². The Labute approximate surface area is 230 Å². The van der Waals surface area contributed by atoms with Crippen LogP contribution in [0.2, 0.25) is 0 Å². The Balaban J connectivity index is 0.000000162. The van der Waals surface area contributed by atoms with Crippen LogP contribution in [0.15, 0.2) is 60.9 Å². The van der Waals surface area contributed by atoms with E-state index in [1.807, 2.05) is 20.0 Å². The second kappa shape index (κ2) is 11.5. The number of aryl methyl sites for hydroxylation is 1. The van der Waals surface area contributed by atoms with E-state index in [0.717, 1.165) is 37.4 Å². The Morgan fingerprint density at radius 3 is 2.65 bits per heavy atom. The standard InChI is InChI=1S/C15H19F2N3O.C15H10FN3/c1-19-4-6-20(7-5-19)14-9-15(16,17)13-8-11(18-10-21)2-3-12(13)14;1-11-4-7-14(16)12(9-11)5-6-13-10-17-15-3-2-8-18-19(13)15/h2-3,8,10,14H,4-7,9H2,1H3,(H,18,21);2-4,7-10H,1H3/t14-;/m1./s1. The topological polar surface area (TPSA) is 65.8 Å². The molecule has 0 spiro atoms. The Bertz CT molecular complexity index is 1580. The highest BCUT2D eigenvalue weighted by Crippen LogP contribution is 2.50. The van der Waals surface area contributed by atoms with Gasteiger partial charge in [0.25, 0.3) is 5.92 Å². The van der Waals surface area contributed by atoms with Crippen molar-refractivity contribution in [1.82, 2.24) is 24.4 Å². The zero-order chi connectivity index (χ0) is 28.3. The molecule has 1 fully saturated rings. The predicted octanol–water partition coefficient (Wildman–Crippen LogP) is 4.62. The molecule has 10 heteroatoms. The largest absolute Gasteiger partial charge is 0.329 e. The normalized spacial score (nSPS) is 18.3. The summed E-state index contributed by atoms with van der Waals surface area (Å²) in [6.07, 6.45) is 3.62. The van der Waals surface area contributed by atoms with Gasteiger partial charge in [-0.25, -0.2) is 22.7 Å². The summed E-state index contributed by atoms with van der Waals surface area (Å²) in [7, 11) is 2.05. The summed E-state index contributed by atoms with van der Waals surface area (Å²) in [5.74, 6) is 2.57. The molecule has 40 heavy (non-hydrogen) atoms. The lowest BCUT2D eigenvalue weighted by Crippen LogP contribution is -2.45. The van der Waals surface area contributed by atoms with Gasteiger partial charge in [0.15, 0.2) is 5.65 Å². The molecule has 0 radical (unpaired) electrons. The number of halogens is 3. The van der Waals surface area contributed by atoms with Crippen molar-refractivity contribution in [3.63, 3.8) is 0 Å². The third kappa shape index (κ3) is 5.86. The molecule has 1 N–H and O–H groups in total. The maximum absolute atomic E-state index is 14.3. The molecular weight excluding hydrogens is 517 g/mol. The average Bonchev–Trinajstić information content (AvgIpc) is 3.48. The number of fused-ring (bicyclic) bond motifs is 2. The van der Waals surface area contributed by atoms with Crippen LogP contribution in [0.1, 0.15) is 40.4 Å². The fourth-order valence-corrected chi connectivity index (χ4v) is 5.02. The van der Waals surface area contributed by atoms with Crippen LogP contribution in [0.25, 0.3) is 5.65 Å². The SMILES string of the molecule is CN1CCN([C@@H]2CC(F)(F)c3cc(NC=O)ccc32)CC1.Cc1ccc(F)c(C#Cc2cnc3cccnn23)c1. The van der Waals surface area contributed by atoms with Crippen LogP contribution < -0.4 is 5.32 Å². The van der Waals surface area contributed by atoms with Crippen molar-refractivity contribution < 1.29 is 18.0 Å². The second-order valence-electron chi connectivity index (χ2n) is 10.00. The number of anilines is 1. The van der Waals surface area contributed by atoms with Crippen molar-refractivity contribution in [3.8, 4) is 11.8 Å². The van der Waals surface area contributed by atoms with Crippen LogP contribution in [0.4, 0.5) is 18.9 Å². The van der Waals surface area contributed by atoms with Crippen molar-refractivity contribution in [2.75, 3.05) is 38.5 Å². The summed E-state index contributed by atoms with van der Waals surface area (Å²) >= 11 is 0. The first kappa shape index (κ1) is 27.4. The molecule has 1 saturated heterocycles. The quantitative estimate of drug-likeness (QED) is 0.300. The summed E-state index contributed by atoms with van der Waals surface area (Å²) < 4.78 is 43.8. The van der Waals surface area contributed by atoms with E-state index in [-0.39, 0.29) is 23.8 Å². The van der Waals surface area contributed by atoms with Gasteiger partial charge in [0.05, 0.1) is 11.8 Å². The zero-order valence-corrected chi connectivity index (χ0v) is 22.2. The summed E-state index contributed by atoms with van der Waals surface area (Å²) in [5, 5.41) is 6.59. The summed E-state index contributed by atoms with van der Waals surface area (Å²) in [5.41, 5.74) is 3.88. The Kier molecular flexibility index (Phi) is 7.87. The van der Waals surface area contributed by atoms with Gasteiger partial charge in [0.1, 0.15) is 11.5 Å². The highest BCUT2D eigenvalue weighted by Gasteiger charge is 2.47. The molecule has 4 aromatic rings. The number of aromatic nitrogens is 3. The van der Waals surface area contributed by atoms with Crippen molar-refractivity contribution in [2.24, 2.45) is 0 Å². The molecule has 206 valence electrons. The Hall–Kier alpha value is -4.20. The minimum absolute atomic E-state index is 0.0540. The molecule has 0 unspecified atom stereocenters. The Morgan fingerprint density at radius 2 is 1.88 bits per heavy atom. The molecule has 2 aromatic carbocycles. The average molecular weight is 547 g/mol. The van der Waals surface area contributed by atoms with Crippen LogP contribution in [0.3, 0.4) is 0 Å². The van der Waals surface area contributed by atoms with Crippen LogP contribution in [-0.2, 0) is 10.7 Å². The number of carbonyl (C=O) groups excluding carboxylic acids is 1. The first-order valence-corrected chi connectivity index (χ1v) is 13.0. The van der Waals surface area contributed by atoms with E-state index < -0.39 is 5.92 Å². The number of hydrogen-bond acceptors (Lipinski definition) is 5. The Morgan fingerprint density at radius 1 is 1.07 bits per heavy atom. The number of likely N-dealkylation sites (N-methyl/N-ethyl adjacent to an activating group) is 1. The molecule has 6 rings (SSSR count). The van der Waals surface area contributed by atoms with Gasteiger partial charge in [-0.3, -0.25) is 9.69 Å². The molecule has 1 atom stereocenters. The lowest BCUT2D eigenvalue weighted by molar-refractivity contribution is -0.105. The number of nitrogens with one attached hydrogen (secondary N) is 1. The molecule has 0 saturated carbocycles. The highest BCUT2D eigenvalue weighted by atomic mass is 19.3. The number of benzene rings is 2. The van der Waals surface area contributed by atoms with Crippen LogP contribution in [0.5, 0.6) is 0 Å². The maximum atomic E-state index is 14.3. The number of imidazole rings is 1. The molecule has 3 heterocycles. The number of hydrogen-bond donors (Lipinski definition) is 1. The third-order valence-corrected chi connectivity index (χ3v) is 7.19. The smallest absolute Gasteiger partial charge is 0.275 e. The van der Waals surface area contributed by atoms with Gasteiger partial charge >= 0.3 is 0 Å². The molecule has 2 aliphatic rings. The fourth-order valence-electron chi connectivity index (χ4n) is 5.02. The van der Waals surface area contributed by atoms with Crippen molar-refractivity contribution in [2.45, 2.75) is 25.3 Å². The fraction of sp³-hybridized carbons (Fsp3) is 0.300. The minimum atomic E-state index is -2.83. The van der Waals surface area contributed by atoms with E-state index >= 15 is 0 Å². The molecule has 0 bridgehead atoms. The van der Waals surface area contributed by atoms with Crippen LogP contribution in [-0.4, -0.2) is 64.0 Å². The first-order valence-electron chi connectivity index (χ1n) is 13.0. The van der Waals surface area contributed by atoms with Crippen LogP contribution >= 0.6 is 0 Å². The van der Waals surface area contributed by atoms with Crippen molar-refractivity contribution in [3.05, 3.63) is 94.7 Å². The van der Waals surface area contributed by atoms with E-state index in [2.05, 4.69) is 37.0 Å². The van der Waals surface area contributed by atoms with Gasteiger partial charge in [-0.2, -0.15) is 5.10 Å². The van der Waals surface area contributed by atoms with E-state index in [9.17, 15) is 18.0 Å². The monoisotopic (exact) mass is 546 g/mol. The van der Waals surface area contributed by atoms with Crippen molar-refractivity contribution in [1.29, 1.82) is 0 Å². The van der Waals surface area contributed by atoms with Gasteiger partial charge in [-0.1, -0.05) is 18.1 Å². The number of carbonyl (C=O) groups is 1. The van der Waals surface area contributed by atoms with Gasteiger partial charge < -0.3 is 10.2 Å². The second-order valence-corrected chi connectivity index (χ2v) is 10.00. The first-order chi connectivity index (χ1) is 19.2. The molecule has 2 aromatic heterocycles. The number of alkyl halides is 2. The molecule has 7 nitrogen and oxygen atoms in total. The predicted molar refractivity (Wildman–Crippen MR) is 147 cm³/mol. The number of amides is 1. The lowest BCUT2D eigenvalue weighted by atomic mass is 10.1. The van der Waals surface area contributed by atoms with E-state index in [0.29, 0.717) is 28.9 Å². The summed E-state index contributed by atoms with van der Waals surface area (Å²) in [6, 6.07) is 13.1. The van der Waals surface area contributed by atoms with E-state index in [1.54, 1.807) is 47.2 Å². The van der Waals surface area contributed by atoms with Gasteiger partial charge in [-0.15, -0.1) is 0 Å². The lowest BCUT2D eigenvalue weighted by Gasteiger charge is -2.36. The van der Waals surface area contributed by atoms with E-state index in [4.69, 9.17) is 0 Å². The van der Waals surface area contributed by atoms with Crippen LogP contribution in [0, 0.1) is 24.6 Å². The summed E-state index contributed by atoms with van der Waals surface area (Å²) in [4.78, 5) is 19.0. The highest BCUT2D eigenvalue weighted by molar-refractivity contribution is 5.72. The molecule has 1 aliphatic carbocycles. The van der Waals surface area contributed by atoms with Gasteiger partial charge in [0.2, 0.25) is 6.41 Å². The number of rotatable bonds is 3. The van der Waals surface area contributed by atoms with E-state index in [1.165, 1.54) is 12.1 Å². The molecule has 1 amide bonds. The number of piperazine rings is 1. The van der Waals surface area contributed by atoms with Crippen molar-refractivity contribution >= 4 is 17.7 Å². The maximum Gasteiger partial charge on any atom is 0.275 e. The zero-order valence-electron chi connectivity index (χ0n) is 22.2. The molecular formula is C30H29F3N6O. The minimum Gasteiger partial charge on any atom is -0.329 e. The summed E-state index contributed by atoms with van der Waals surface area (Å²) in [6.45, 7) is 5.33. The van der Waals surface area contributed by atoms with Gasteiger partial charge in [0, 0.05) is 56.1 Å². The molecule has 1 aliphatic heterocycles. The third-order valence-electron chi connectivity index (χ3n) is 7.19. The number of nitrogens with zero attached hydrogens (tertiary/aromatic N) is 5.